The van der Waals surface area contributed by atoms with E-state index < -0.39 is 6.10 Å². The molecule has 1 aromatic rings. The van der Waals surface area contributed by atoms with Crippen molar-refractivity contribution in [1.82, 2.24) is 25.0 Å². The van der Waals surface area contributed by atoms with Gasteiger partial charge in [0.25, 0.3) is 0 Å². The minimum absolute atomic E-state index is 0.0772. The Bertz CT molecular complexity index is 448. The van der Waals surface area contributed by atoms with Gasteiger partial charge in [0.15, 0.2) is 0 Å². The van der Waals surface area contributed by atoms with E-state index >= 15 is 0 Å². The number of carbonyl (C=O) groups is 1. The van der Waals surface area contributed by atoms with Crippen LogP contribution in [-0.4, -0.2) is 63.5 Å². The molecule has 1 amide bonds. The average Bonchev–Trinajstić information content (AvgIpc) is 2.89. The molecule has 2 rings (SSSR count). The van der Waals surface area contributed by atoms with Crippen LogP contribution in [0, 0.1) is 5.92 Å². The molecule has 1 aromatic heterocycles. The maximum Gasteiger partial charge on any atom is 0.227 e. The van der Waals surface area contributed by atoms with Crippen LogP contribution in [-0.2, 0) is 17.8 Å². The number of aliphatic hydroxyl groups is 1. The fourth-order valence-corrected chi connectivity index (χ4v) is 2.53. The fourth-order valence-electron chi connectivity index (χ4n) is 2.53. The maximum absolute atomic E-state index is 12.1. The lowest BCUT2D eigenvalue weighted by Crippen LogP contribution is -2.49. The molecule has 0 unspecified atom stereocenters. The van der Waals surface area contributed by atoms with E-state index in [0.29, 0.717) is 25.9 Å². The molecule has 0 aliphatic carbocycles. The van der Waals surface area contributed by atoms with Crippen molar-refractivity contribution in [2.75, 3.05) is 26.7 Å². The van der Waals surface area contributed by atoms with Gasteiger partial charge in [-0.1, -0.05) is 0 Å². The smallest absolute Gasteiger partial charge is 0.227 e. The number of aliphatic hydroxyl groups excluding tert-OH is 1. The normalized spacial score (nSPS) is 23.8. The van der Waals surface area contributed by atoms with Crippen LogP contribution in [0.2, 0.25) is 0 Å². The second kappa shape index (κ2) is 6.81. The third-order valence-corrected chi connectivity index (χ3v) is 3.80. The third-order valence-electron chi connectivity index (χ3n) is 3.80. The largest absolute Gasteiger partial charge is 0.392 e. The molecule has 1 saturated heterocycles. The molecule has 1 fully saturated rings. The molecule has 0 aromatic carbocycles. The maximum atomic E-state index is 12.1. The molecule has 0 radical (unpaired) electrons. The van der Waals surface area contributed by atoms with Crippen LogP contribution in [0.1, 0.15) is 19.2 Å². The second-order valence-electron chi connectivity index (χ2n) is 5.30. The van der Waals surface area contributed by atoms with E-state index in [-0.39, 0.29) is 11.8 Å². The predicted octanol–water partition coefficient (Wildman–Crippen LogP) is -0.731. The molecule has 1 aliphatic heterocycles. The van der Waals surface area contributed by atoms with Crippen molar-refractivity contribution in [3.05, 3.63) is 12.2 Å². The molecule has 2 heterocycles. The number of piperidine rings is 1. The Morgan fingerprint density at radius 1 is 1.60 bits per heavy atom. The van der Waals surface area contributed by atoms with Gasteiger partial charge in [0.1, 0.15) is 12.2 Å². The van der Waals surface area contributed by atoms with Crippen LogP contribution in [0.5, 0.6) is 0 Å². The number of hydrogen-bond acceptors (Lipinski definition) is 5. The summed E-state index contributed by atoms with van der Waals surface area (Å²) in [6, 6.07) is 0. The first-order valence-corrected chi connectivity index (χ1v) is 7.12. The summed E-state index contributed by atoms with van der Waals surface area (Å²) in [4.78, 5) is 14.2. The number of carbonyl (C=O) groups excluding carboxylic acids is 1. The quantitative estimate of drug-likeness (QED) is 0.743. The Morgan fingerprint density at radius 3 is 3.15 bits per heavy atom. The van der Waals surface area contributed by atoms with E-state index in [1.807, 2.05) is 18.5 Å². The molecule has 0 saturated carbocycles. The molecular weight excluding hydrogens is 258 g/mol. The monoisotopic (exact) mass is 281 g/mol. The molecule has 0 bridgehead atoms. The van der Waals surface area contributed by atoms with Crippen molar-refractivity contribution in [2.45, 2.75) is 32.4 Å². The summed E-state index contributed by atoms with van der Waals surface area (Å²) in [5, 5.41) is 20.7. The van der Waals surface area contributed by atoms with Gasteiger partial charge in [-0.2, -0.15) is 0 Å². The lowest BCUT2D eigenvalue weighted by molar-refractivity contribution is -0.131. The molecule has 0 spiro atoms. The Hall–Kier alpha value is -1.47. The number of nitrogens with zero attached hydrogens (tertiary/aromatic N) is 4. The molecule has 112 valence electrons. The first kappa shape index (κ1) is 14.9. The Morgan fingerprint density at radius 2 is 2.40 bits per heavy atom. The lowest BCUT2D eigenvalue weighted by Gasteiger charge is -2.32. The van der Waals surface area contributed by atoms with Crippen molar-refractivity contribution in [1.29, 1.82) is 0 Å². The number of rotatable bonds is 5. The van der Waals surface area contributed by atoms with Crippen LogP contribution < -0.4 is 5.32 Å². The third kappa shape index (κ3) is 3.55. The van der Waals surface area contributed by atoms with E-state index in [1.54, 1.807) is 6.33 Å². The minimum Gasteiger partial charge on any atom is -0.392 e. The van der Waals surface area contributed by atoms with Gasteiger partial charge in [-0.05, 0) is 20.4 Å². The highest BCUT2D eigenvalue weighted by atomic mass is 16.3. The zero-order valence-electron chi connectivity index (χ0n) is 12.1. The Balaban J connectivity index is 1.80. The SMILES string of the molecule is CCn1cnnc1CCNC(=O)[C@@H]1CN(C)CC[C@@H]1O. The van der Waals surface area contributed by atoms with Gasteiger partial charge in [0.2, 0.25) is 5.91 Å². The topological polar surface area (TPSA) is 83.3 Å². The molecular formula is C13H23N5O2. The number of nitrogens with one attached hydrogen (secondary N) is 1. The highest BCUT2D eigenvalue weighted by Crippen LogP contribution is 2.16. The number of aryl methyl sites for hydroxylation is 1. The van der Waals surface area contributed by atoms with Gasteiger partial charge >= 0.3 is 0 Å². The van der Waals surface area contributed by atoms with Gasteiger partial charge in [-0.15, -0.1) is 10.2 Å². The van der Waals surface area contributed by atoms with Gasteiger partial charge in [-0.25, -0.2) is 0 Å². The minimum atomic E-state index is -0.537. The molecule has 7 heteroatoms. The summed E-state index contributed by atoms with van der Waals surface area (Å²) in [6.07, 6.45) is 2.46. The van der Waals surface area contributed by atoms with Crippen molar-refractivity contribution < 1.29 is 9.90 Å². The van der Waals surface area contributed by atoms with Crippen molar-refractivity contribution in [3.8, 4) is 0 Å². The molecule has 20 heavy (non-hydrogen) atoms. The number of hydrogen-bond donors (Lipinski definition) is 2. The average molecular weight is 281 g/mol. The van der Waals surface area contributed by atoms with Crippen LogP contribution >= 0.6 is 0 Å². The predicted molar refractivity (Wildman–Crippen MR) is 74.0 cm³/mol. The lowest BCUT2D eigenvalue weighted by atomic mass is 9.94. The molecule has 2 atom stereocenters. The number of likely N-dealkylation sites (tertiary alicyclic amines) is 1. The second-order valence-corrected chi connectivity index (χ2v) is 5.30. The molecule has 2 N–H and O–H groups in total. The van der Waals surface area contributed by atoms with Crippen LogP contribution in [0.4, 0.5) is 0 Å². The summed E-state index contributed by atoms with van der Waals surface area (Å²) in [5.41, 5.74) is 0. The van der Waals surface area contributed by atoms with Crippen LogP contribution in [0.15, 0.2) is 6.33 Å². The first-order chi connectivity index (χ1) is 9.61. The highest BCUT2D eigenvalue weighted by Gasteiger charge is 2.31. The number of amides is 1. The van der Waals surface area contributed by atoms with E-state index in [1.165, 1.54) is 0 Å². The fraction of sp³-hybridized carbons (Fsp3) is 0.769. The van der Waals surface area contributed by atoms with Crippen molar-refractivity contribution in [3.63, 3.8) is 0 Å². The Kier molecular flexibility index (Phi) is 5.08. The summed E-state index contributed by atoms with van der Waals surface area (Å²) >= 11 is 0. The Labute approximate surface area is 119 Å². The van der Waals surface area contributed by atoms with Crippen LogP contribution in [0.3, 0.4) is 0 Å². The summed E-state index contributed by atoms with van der Waals surface area (Å²) < 4.78 is 1.95. The summed E-state index contributed by atoms with van der Waals surface area (Å²) in [5.74, 6) is 0.457. The van der Waals surface area contributed by atoms with E-state index in [2.05, 4.69) is 20.4 Å². The molecule has 1 aliphatic rings. The molecule has 7 nitrogen and oxygen atoms in total. The van der Waals surface area contributed by atoms with Gasteiger partial charge in [-0.3, -0.25) is 4.79 Å². The summed E-state index contributed by atoms with van der Waals surface area (Å²) in [7, 11) is 1.97. The van der Waals surface area contributed by atoms with Crippen LogP contribution in [0.25, 0.3) is 0 Å². The van der Waals surface area contributed by atoms with Crippen molar-refractivity contribution >= 4 is 5.91 Å². The van der Waals surface area contributed by atoms with E-state index in [9.17, 15) is 9.90 Å². The van der Waals surface area contributed by atoms with Crippen molar-refractivity contribution in [2.24, 2.45) is 5.92 Å². The van der Waals surface area contributed by atoms with E-state index in [4.69, 9.17) is 0 Å². The first-order valence-electron chi connectivity index (χ1n) is 7.12. The number of aromatic nitrogens is 3. The standard InChI is InChI=1S/C13H23N5O2/c1-3-18-9-15-16-12(18)4-6-14-13(20)10-8-17(2)7-5-11(10)19/h9-11,19H,3-8H2,1-2H3,(H,14,20)/t10-,11+/m1/s1. The van der Waals surface area contributed by atoms with Gasteiger partial charge < -0.3 is 19.9 Å². The summed E-state index contributed by atoms with van der Waals surface area (Å²) in [6.45, 7) is 4.81. The van der Waals surface area contributed by atoms with Gasteiger partial charge in [0.05, 0.1) is 12.0 Å². The zero-order valence-corrected chi connectivity index (χ0v) is 12.1. The highest BCUT2D eigenvalue weighted by molar-refractivity contribution is 5.79. The van der Waals surface area contributed by atoms with E-state index in [0.717, 1.165) is 18.9 Å². The van der Waals surface area contributed by atoms with Gasteiger partial charge in [0, 0.05) is 32.6 Å². The zero-order chi connectivity index (χ0) is 14.5.